The normalized spacial score (nSPS) is 46.9. The molecule has 2 aliphatic rings. The standard InChI is InChI=1S/C10H19O12P/c11-5-3(21-9(15)7(5)13)1-19-23(17,18)20-2-4-6(12)8(14)10(16)22-4/h3-16H,1-2H2,(H,17,18)/t3-,4-,5?,6?,7?,8?,9-,10-/m1/s1. The van der Waals surface area contributed by atoms with Gasteiger partial charge in [-0.25, -0.2) is 4.57 Å². The average molecular weight is 362 g/mol. The molecular formula is C10H19O12P. The summed E-state index contributed by atoms with van der Waals surface area (Å²) in [5.41, 5.74) is 0. The highest BCUT2D eigenvalue weighted by Gasteiger charge is 2.44. The van der Waals surface area contributed by atoms with Gasteiger partial charge in [0, 0.05) is 0 Å². The summed E-state index contributed by atoms with van der Waals surface area (Å²) < 4.78 is 30.2. The first-order chi connectivity index (χ1) is 10.6. The van der Waals surface area contributed by atoms with Crippen molar-refractivity contribution in [3.05, 3.63) is 0 Å². The predicted octanol–water partition coefficient (Wildman–Crippen LogP) is -4.00. The van der Waals surface area contributed by atoms with Gasteiger partial charge in [0.15, 0.2) is 12.6 Å². The van der Waals surface area contributed by atoms with Crippen LogP contribution < -0.4 is 0 Å². The quantitative estimate of drug-likeness (QED) is 0.227. The zero-order chi connectivity index (χ0) is 17.4. The van der Waals surface area contributed by atoms with Crippen LogP contribution in [0.5, 0.6) is 0 Å². The van der Waals surface area contributed by atoms with Gasteiger partial charge in [0.1, 0.15) is 36.6 Å². The highest BCUT2D eigenvalue weighted by atomic mass is 31.2. The minimum atomic E-state index is -4.64. The Morgan fingerprint density at radius 3 is 1.35 bits per heavy atom. The van der Waals surface area contributed by atoms with Gasteiger partial charge >= 0.3 is 7.82 Å². The van der Waals surface area contributed by atoms with E-state index in [0.717, 1.165) is 0 Å². The molecule has 0 amide bonds. The van der Waals surface area contributed by atoms with Gasteiger partial charge in [0.25, 0.3) is 0 Å². The van der Waals surface area contributed by atoms with Crippen molar-refractivity contribution >= 4 is 7.82 Å². The number of hydrogen-bond donors (Lipinski definition) is 7. The summed E-state index contributed by atoms with van der Waals surface area (Å²) >= 11 is 0. The summed E-state index contributed by atoms with van der Waals surface area (Å²) in [6.45, 7) is -1.33. The maximum atomic E-state index is 11.7. The van der Waals surface area contributed by atoms with Crippen molar-refractivity contribution in [1.82, 2.24) is 0 Å². The predicted molar refractivity (Wildman–Crippen MR) is 67.5 cm³/mol. The first-order valence-corrected chi connectivity index (χ1v) is 8.13. The second-order valence-corrected chi connectivity index (χ2v) is 6.61. The Balaban J connectivity index is 1.78. The molecule has 8 atom stereocenters. The Morgan fingerprint density at radius 1 is 0.739 bits per heavy atom. The SMILES string of the molecule is O=P(O)(OC[C@H]1O[C@@H](O)C(O)C1O)OC[C@H]1O[C@@H](O)C(O)C1O. The van der Waals surface area contributed by atoms with Gasteiger partial charge in [0.2, 0.25) is 0 Å². The van der Waals surface area contributed by atoms with Crippen LogP contribution in [0.15, 0.2) is 0 Å². The van der Waals surface area contributed by atoms with Crippen molar-refractivity contribution in [3.63, 3.8) is 0 Å². The first kappa shape index (κ1) is 19.1. The fourth-order valence-electron chi connectivity index (χ4n) is 2.11. The van der Waals surface area contributed by atoms with Crippen LogP contribution in [0.25, 0.3) is 0 Å². The monoisotopic (exact) mass is 362 g/mol. The zero-order valence-corrected chi connectivity index (χ0v) is 12.5. The first-order valence-electron chi connectivity index (χ1n) is 6.63. The summed E-state index contributed by atoms with van der Waals surface area (Å²) in [4.78, 5) is 9.46. The number of phosphoric acid groups is 1. The second-order valence-electron chi connectivity index (χ2n) is 5.15. The van der Waals surface area contributed by atoms with Gasteiger partial charge in [-0.15, -0.1) is 0 Å². The van der Waals surface area contributed by atoms with Gasteiger partial charge in [0.05, 0.1) is 13.2 Å². The molecule has 0 spiro atoms. The van der Waals surface area contributed by atoms with E-state index in [4.69, 9.17) is 19.7 Å². The summed E-state index contributed by atoms with van der Waals surface area (Å²) in [6, 6.07) is 0. The molecule has 0 radical (unpaired) electrons. The molecular weight excluding hydrogens is 343 g/mol. The second kappa shape index (κ2) is 7.35. The number of rotatable bonds is 6. The molecule has 0 aromatic heterocycles. The van der Waals surface area contributed by atoms with Crippen LogP contribution >= 0.6 is 7.82 Å². The van der Waals surface area contributed by atoms with E-state index < -0.39 is 70.2 Å². The number of ether oxygens (including phenoxy) is 2. The third-order valence-electron chi connectivity index (χ3n) is 3.48. The molecule has 0 saturated carbocycles. The molecule has 23 heavy (non-hydrogen) atoms. The van der Waals surface area contributed by atoms with Gasteiger partial charge < -0.3 is 45.0 Å². The third-order valence-corrected chi connectivity index (χ3v) is 4.43. The fourth-order valence-corrected chi connectivity index (χ4v) is 2.85. The number of aliphatic hydroxyl groups is 6. The smallest absolute Gasteiger partial charge is 0.387 e. The zero-order valence-electron chi connectivity index (χ0n) is 11.7. The van der Waals surface area contributed by atoms with E-state index in [1.54, 1.807) is 0 Å². The molecule has 2 rings (SSSR count). The Bertz CT molecular complexity index is 412. The molecule has 2 saturated heterocycles. The minimum Gasteiger partial charge on any atom is -0.387 e. The van der Waals surface area contributed by atoms with Crippen molar-refractivity contribution in [1.29, 1.82) is 0 Å². The Morgan fingerprint density at radius 2 is 1.09 bits per heavy atom. The average Bonchev–Trinajstić information content (AvgIpc) is 2.88. The van der Waals surface area contributed by atoms with E-state index >= 15 is 0 Å². The van der Waals surface area contributed by atoms with Gasteiger partial charge in [-0.1, -0.05) is 0 Å². The highest BCUT2D eigenvalue weighted by Crippen LogP contribution is 2.44. The third kappa shape index (κ3) is 4.45. The van der Waals surface area contributed by atoms with E-state index in [2.05, 4.69) is 9.05 Å². The van der Waals surface area contributed by atoms with Crippen LogP contribution in [0.2, 0.25) is 0 Å². The summed E-state index contributed by atoms with van der Waals surface area (Å²) in [7, 11) is -4.64. The maximum Gasteiger partial charge on any atom is 0.472 e. The van der Waals surface area contributed by atoms with Gasteiger partial charge in [-0.2, -0.15) is 0 Å². The van der Waals surface area contributed by atoms with Crippen LogP contribution in [-0.4, -0.2) is 98.0 Å². The largest absolute Gasteiger partial charge is 0.472 e. The Labute approximate surface area is 130 Å². The topological polar surface area (TPSA) is 196 Å². The van der Waals surface area contributed by atoms with Crippen LogP contribution in [-0.2, 0) is 23.1 Å². The molecule has 136 valence electrons. The van der Waals surface area contributed by atoms with Crippen molar-refractivity contribution in [2.45, 2.75) is 49.2 Å². The van der Waals surface area contributed by atoms with E-state index in [1.165, 1.54) is 0 Å². The number of hydrogen-bond acceptors (Lipinski definition) is 11. The lowest BCUT2D eigenvalue weighted by Gasteiger charge is -2.19. The molecule has 13 heteroatoms. The van der Waals surface area contributed by atoms with E-state index in [9.17, 15) is 29.9 Å². The fraction of sp³-hybridized carbons (Fsp3) is 1.00. The number of phosphoric ester groups is 1. The van der Waals surface area contributed by atoms with Gasteiger partial charge in [-0.05, 0) is 0 Å². The molecule has 2 heterocycles. The summed E-state index contributed by atoms with van der Waals surface area (Å²) in [5, 5.41) is 55.8. The van der Waals surface area contributed by atoms with E-state index in [-0.39, 0.29) is 0 Å². The van der Waals surface area contributed by atoms with Crippen molar-refractivity contribution in [3.8, 4) is 0 Å². The van der Waals surface area contributed by atoms with Gasteiger partial charge in [-0.3, -0.25) is 9.05 Å². The molecule has 0 bridgehead atoms. The van der Waals surface area contributed by atoms with E-state index in [0.29, 0.717) is 0 Å². The molecule has 2 fully saturated rings. The summed E-state index contributed by atoms with van der Waals surface area (Å²) in [5.74, 6) is 0. The number of aliphatic hydroxyl groups excluding tert-OH is 6. The Hall–Kier alpha value is -0.210. The lowest BCUT2D eigenvalue weighted by molar-refractivity contribution is -0.135. The van der Waals surface area contributed by atoms with Crippen LogP contribution in [0, 0.1) is 0 Å². The molecule has 2 aliphatic heterocycles. The van der Waals surface area contributed by atoms with Crippen LogP contribution in [0.1, 0.15) is 0 Å². The molecule has 7 N–H and O–H groups in total. The molecule has 0 aromatic rings. The highest BCUT2D eigenvalue weighted by molar-refractivity contribution is 7.47. The lowest BCUT2D eigenvalue weighted by atomic mass is 10.1. The van der Waals surface area contributed by atoms with Crippen LogP contribution in [0.3, 0.4) is 0 Å². The minimum absolute atomic E-state index is 0.664. The lowest BCUT2D eigenvalue weighted by Crippen LogP contribution is -2.35. The van der Waals surface area contributed by atoms with E-state index in [1.807, 2.05) is 0 Å². The molecule has 0 aliphatic carbocycles. The summed E-state index contributed by atoms with van der Waals surface area (Å²) in [6.07, 6.45) is -12.0. The van der Waals surface area contributed by atoms with Crippen molar-refractivity contribution in [2.75, 3.05) is 13.2 Å². The van der Waals surface area contributed by atoms with Crippen LogP contribution in [0.4, 0.5) is 0 Å². The maximum absolute atomic E-state index is 11.7. The van der Waals surface area contributed by atoms with Crippen molar-refractivity contribution < 1.29 is 58.6 Å². The molecule has 12 nitrogen and oxygen atoms in total. The molecule has 4 unspecified atom stereocenters. The Kier molecular flexibility index (Phi) is 6.11. The van der Waals surface area contributed by atoms with Crippen molar-refractivity contribution in [2.24, 2.45) is 0 Å². The molecule has 0 aromatic carbocycles.